The van der Waals surface area contributed by atoms with E-state index in [1.54, 1.807) is 7.11 Å². The van der Waals surface area contributed by atoms with Gasteiger partial charge in [-0.3, -0.25) is 9.88 Å². The van der Waals surface area contributed by atoms with Crippen LogP contribution < -0.4 is 15.4 Å². The summed E-state index contributed by atoms with van der Waals surface area (Å²) in [4.78, 5) is 7.26. The van der Waals surface area contributed by atoms with Crippen LogP contribution in [0.25, 0.3) is 21.7 Å². The monoisotopic (exact) mass is 508 g/mol. The fourth-order valence-corrected chi connectivity index (χ4v) is 6.52. The van der Waals surface area contributed by atoms with Gasteiger partial charge in [0.05, 0.1) is 18.7 Å². The van der Waals surface area contributed by atoms with Crippen LogP contribution in [0.1, 0.15) is 24.4 Å². The lowest BCUT2D eigenvalue weighted by atomic mass is 9.73. The molecule has 2 bridgehead atoms. The zero-order chi connectivity index (χ0) is 25.4. The van der Waals surface area contributed by atoms with Gasteiger partial charge in [-0.05, 0) is 84.7 Å². The quantitative estimate of drug-likeness (QED) is 0.235. The number of hydrogen-bond acceptors (Lipinski definition) is 4. The smallest absolute Gasteiger partial charge is 0.171 e. The second-order valence-electron chi connectivity index (χ2n) is 10.1. The molecule has 188 valence electrons. The fraction of sp³-hybridized carbons (Fsp3) is 0.290. The number of anilines is 1. The van der Waals surface area contributed by atoms with Gasteiger partial charge in [0.2, 0.25) is 0 Å². The molecule has 0 radical (unpaired) electrons. The summed E-state index contributed by atoms with van der Waals surface area (Å²) in [5.74, 6) is 2.04. The molecule has 0 saturated carbocycles. The van der Waals surface area contributed by atoms with Crippen molar-refractivity contribution in [3.63, 3.8) is 0 Å². The number of rotatable bonds is 6. The number of fused-ring (bicyclic) bond motifs is 5. The molecule has 3 fully saturated rings. The van der Waals surface area contributed by atoms with Gasteiger partial charge in [0.25, 0.3) is 0 Å². The summed E-state index contributed by atoms with van der Waals surface area (Å²) in [5.41, 5.74) is 3.16. The van der Waals surface area contributed by atoms with E-state index in [9.17, 15) is 0 Å². The molecule has 3 aliphatic heterocycles. The number of aromatic nitrogens is 1. The van der Waals surface area contributed by atoms with E-state index in [1.165, 1.54) is 17.4 Å². The largest absolute Gasteiger partial charge is 0.497 e. The predicted molar refractivity (Wildman–Crippen MR) is 156 cm³/mol. The molecule has 0 aliphatic carbocycles. The van der Waals surface area contributed by atoms with Crippen LogP contribution in [0.3, 0.4) is 0 Å². The number of thiocarbonyl (C=S) groups is 1. The Morgan fingerprint density at radius 3 is 2.81 bits per heavy atom. The highest BCUT2D eigenvalue weighted by Gasteiger charge is 2.43. The van der Waals surface area contributed by atoms with Crippen LogP contribution in [0.2, 0.25) is 0 Å². The molecule has 2 N–H and O–H groups in total. The minimum atomic E-state index is 0.00106. The lowest BCUT2D eigenvalue weighted by Gasteiger charge is -2.52. The van der Waals surface area contributed by atoms with Gasteiger partial charge in [0, 0.05) is 35.2 Å². The van der Waals surface area contributed by atoms with E-state index in [1.807, 2.05) is 18.3 Å². The Hall–Kier alpha value is -3.48. The summed E-state index contributed by atoms with van der Waals surface area (Å²) in [6.07, 6.45) is 6.39. The molecule has 4 heterocycles. The number of benzene rings is 3. The first-order valence-electron chi connectivity index (χ1n) is 13.0. The van der Waals surface area contributed by atoms with E-state index < -0.39 is 0 Å². The molecular weight excluding hydrogens is 476 g/mol. The SMILES string of the molecule is C=CC1CN2CCC1C[C@H]2[C@@H](NC(=S)Nc1cccc2ccccc12)c1ccnc2ccc(OC)cc12. The maximum atomic E-state index is 5.95. The van der Waals surface area contributed by atoms with Crippen molar-refractivity contribution in [1.29, 1.82) is 0 Å². The number of nitrogens with one attached hydrogen (secondary N) is 2. The Morgan fingerprint density at radius 2 is 2.00 bits per heavy atom. The van der Waals surface area contributed by atoms with Gasteiger partial charge in [-0.15, -0.1) is 6.58 Å². The highest BCUT2D eigenvalue weighted by atomic mass is 32.1. The van der Waals surface area contributed by atoms with E-state index in [2.05, 4.69) is 87.8 Å². The molecule has 5 atom stereocenters. The van der Waals surface area contributed by atoms with E-state index >= 15 is 0 Å². The molecule has 6 heteroatoms. The van der Waals surface area contributed by atoms with Crippen molar-refractivity contribution in [2.45, 2.75) is 24.9 Å². The normalized spacial score (nSPS) is 23.5. The Labute approximate surface area is 223 Å². The first-order chi connectivity index (χ1) is 18.1. The Kier molecular flexibility index (Phi) is 6.53. The van der Waals surface area contributed by atoms with Crippen LogP contribution in [0.4, 0.5) is 5.69 Å². The fourth-order valence-electron chi connectivity index (χ4n) is 6.28. The number of piperidine rings is 3. The number of pyridine rings is 1. The molecule has 3 unspecified atom stereocenters. The first kappa shape index (κ1) is 23.9. The van der Waals surface area contributed by atoms with E-state index in [0.717, 1.165) is 47.2 Å². The number of nitrogens with zero attached hydrogens (tertiary/aromatic N) is 2. The van der Waals surface area contributed by atoms with Gasteiger partial charge >= 0.3 is 0 Å². The van der Waals surface area contributed by atoms with E-state index in [4.69, 9.17) is 17.0 Å². The van der Waals surface area contributed by atoms with Crippen molar-refractivity contribution < 1.29 is 4.74 Å². The van der Waals surface area contributed by atoms with Crippen LogP contribution in [-0.4, -0.2) is 41.2 Å². The third kappa shape index (κ3) is 4.56. The summed E-state index contributed by atoms with van der Waals surface area (Å²) in [7, 11) is 1.71. The third-order valence-corrected chi connectivity index (χ3v) is 8.40. The Bertz CT molecular complexity index is 1470. The van der Waals surface area contributed by atoms with Crippen molar-refractivity contribution in [2.75, 3.05) is 25.5 Å². The van der Waals surface area contributed by atoms with Gasteiger partial charge < -0.3 is 15.4 Å². The number of hydrogen-bond donors (Lipinski definition) is 2. The summed E-state index contributed by atoms with van der Waals surface area (Å²) in [5, 5.41) is 11.3. The topological polar surface area (TPSA) is 49.4 Å². The van der Waals surface area contributed by atoms with Gasteiger partial charge in [0.1, 0.15) is 5.75 Å². The zero-order valence-electron chi connectivity index (χ0n) is 21.1. The standard InChI is InChI=1S/C31H32N4OS/c1-3-20-19-35-16-14-22(20)17-29(35)30(25-13-15-32-27-12-11-23(36-2)18-26(25)27)34-31(37)33-28-10-6-8-21-7-4-5-9-24(21)28/h3-13,15,18,20,22,29-30H,1,14,16-17,19H2,2H3,(H2,33,34,37)/t20?,22?,29-,30-/m0/s1. The highest BCUT2D eigenvalue weighted by Crippen LogP contribution is 2.42. The van der Waals surface area contributed by atoms with Gasteiger partial charge in [0.15, 0.2) is 5.11 Å². The summed E-state index contributed by atoms with van der Waals surface area (Å²) < 4.78 is 5.57. The number of methoxy groups -OCH3 is 1. The predicted octanol–water partition coefficient (Wildman–Crippen LogP) is 6.32. The van der Waals surface area contributed by atoms with Crippen LogP contribution in [0.15, 0.2) is 85.6 Å². The summed E-state index contributed by atoms with van der Waals surface area (Å²) >= 11 is 5.95. The number of ether oxygens (including phenoxy) is 1. The van der Waals surface area contributed by atoms with Crippen molar-refractivity contribution in [1.82, 2.24) is 15.2 Å². The molecule has 1 aromatic heterocycles. The third-order valence-electron chi connectivity index (χ3n) is 8.18. The van der Waals surface area contributed by atoms with Crippen molar-refractivity contribution in [3.05, 3.63) is 91.1 Å². The lowest BCUT2D eigenvalue weighted by Crippen LogP contribution is -2.57. The molecule has 37 heavy (non-hydrogen) atoms. The average molecular weight is 509 g/mol. The molecular formula is C31H32N4OS. The molecule has 7 rings (SSSR count). The molecule has 0 amide bonds. The van der Waals surface area contributed by atoms with Gasteiger partial charge in [-0.25, -0.2) is 0 Å². The van der Waals surface area contributed by atoms with Crippen molar-refractivity contribution in [2.24, 2.45) is 11.8 Å². The summed E-state index contributed by atoms with van der Waals surface area (Å²) in [6.45, 7) is 6.27. The molecule has 5 nitrogen and oxygen atoms in total. The molecule has 3 aliphatic rings. The molecule has 3 aromatic carbocycles. The average Bonchev–Trinajstić information content (AvgIpc) is 2.95. The minimum absolute atomic E-state index is 0.00106. The second-order valence-corrected chi connectivity index (χ2v) is 10.5. The Balaban J connectivity index is 1.37. The van der Waals surface area contributed by atoms with Crippen molar-refractivity contribution in [3.8, 4) is 5.75 Å². The second kappa shape index (κ2) is 10.1. The maximum Gasteiger partial charge on any atom is 0.171 e. The maximum absolute atomic E-state index is 5.95. The van der Waals surface area contributed by atoms with E-state index in [0.29, 0.717) is 23.0 Å². The van der Waals surface area contributed by atoms with Crippen LogP contribution in [0, 0.1) is 11.8 Å². The van der Waals surface area contributed by atoms with Crippen molar-refractivity contribution >= 4 is 44.7 Å². The minimum Gasteiger partial charge on any atom is -0.497 e. The van der Waals surface area contributed by atoms with Crippen LogP contribution in [0.5, 0.6) is 5.75 Å². The van der Waals surface area contributed by atoms with Crippen LogP contribution >= 0.6 is 12.2 Å². The van der Waals surface area contributed by atoms with E-state index in [-0.39, 0.29) is 6.04 Å². The zero-order valence-corrected chi connectivity index (χ0v) is 21.9. The first-order valence-corrected chi connectivity index (χ1v) is 13.4. The molecule has 4 aromatic rings. The lowest BCUT2D eigenvalue weighted by molar-refractivity contribution is 0.00443. The highest BCUT2D eigenvalue weighted by molar-refractivity contribution is 7.80. The summed E-state index contributed by atoms with van der Waals surface area (Å²) in [6, 6.07) is 23.2. The molecule has 3 saturated heterocycles. The van der Waals surface area contributed by atoms with Crippen LogP contribution in [-0.2, 0) is 0 Å². The van der Waals surface area contributed by atoms with Gasteiger partial charge in [-0.1, -0.05) is 42.5 Å². The Morgan fingerprint density at radius 1 is 1.14 bits per heavy atom. The van der Waals surface area contributed by atoms with Gasteiger partial charge in [-0.2, -0.15) is 0 Å². The molecule has 0 spiro atoms.